The smallest absolute Gasteiger partial charge is 0.182 e. The van der Waals surface area contributed by atoms with Gasteiger partial charge in [0.2, 0.25) is 0 Å². The van der Waals surface area contributed by atoms with Gasteiger partial charge < -0.3 is 4.98 Å². The predicted molar refractivity (Wildman–Crippen MR) is 59.3 cm³/mol. The van der Waals surface area contributed by atoms with Crippen molar-refractivity contribution in [3.8, 4) is 0 Å². The highest BCUT2D eigenvalue weighted by molar-refractivity contribution is 5.82. The summed E-state index contributed by atoms with van der Waals surface area (Å²) in [6, 6.07) is 0. The number of aliphatic imine (C=N–C) groups is 1. The van der Waals surface area contributed by atoms with Gasteiger partial charge in [-0.1, -0.05) is 12.2 Å². The van der Waals surface area contributed by atoms with Crippen molar-refractivity contribution in [2.45, 2.75) is 13.3 Å². The van der Waals surface area contributed by atoms with E-state index in [4.69, 9.17) is 0 Å². The Hall–Kier alpha value is -2.04. The number of H-pyrrole nitrogens is 1. The van der Waals surface area contributed by atoms with Crippen LogP contribution in [0.25, 0.3) is 11.2 Å². The summed E-state index contributed by atoms with van der Waals surface area (Å²) in [6.07, 6.45) is 9.67. The third kappa shape index (κ3) is 2.07. The molecule has 15 heavy (non-hydrogen) atoms. The molecule has 2 aromatic heterocycles. The second-order valence-corrected chi connectivity index (χ2v) is 2.91. The molecule has 0 saturated heterocycles. The first-order chi connectivity index (χ1) is 7.42. The molecule has 0 aliphatic heterocycles. The number of imidazole rings is 1. The molecule has 2 rings (SSSR count). The molecule has 0 unspecified atom stereocenters. The monoisotopic (exact) mass is 201 g/mol. The van der Waals surface area contributed by atoms with Crippen molar-refractivity contribution in [2.24, 2.45) is 4.99 Å². The molecule has 0 saturated carbocycles. The summed E-state index contributed by atoms with van der Waals surface area (Å²) >= 11 is 0. The van der Waals surface area contributed by atoms with Crippen LogP contribution in [0.4, 0.5) is 5.82 Å². The molecular formula is C10H11N5. The van der Waals surface area contributed by atoms with Gasteiger partial charge in [-0.2, -0.15) is 0 Å². The van der Waals surface area contributed by atoms with E-state index in [1.54, 1.807) is 6.33 Å². The number of nitrogens with zero attached hydrogens (tertiary/aromatic N) is 4. The number of hydrogen-bond donors (Lipinski definition) is 1. The van der Waals surface area contributed by atoms with Crippen LogP contribution in [-0.4, -0.2) is 26.2 Å². The van der Waals surface area contributed by atoms with Gasteiger partial charge in [-0.05, 0) is 6.92 Å². The second kappa shape index (κ2) is 4.45. The second-order valence-electron chi connectivity index (χ2n) is 2.91. The molecule has 0 bridgehead atoms. The van der Waals surface area contributed by atoms with E-state index >= 15 is 0 Å². The number of rotatable bonds is 3. The number of aromatic nitrogens is 4. The van der Waals surface area contributed by atoms with Gasteiger partial charge in [0.15, 0.2) is 11.5 Å². The fraction of sp³-hybridized carbons (Fsp3) is 0.200. The molecule has 0 spiro atoms. The molecule has 0 aliphatic rings. The Morgan fingerprint density at radius 1 is 1.40 bits per heavy atom. The third-order valence-corrected chi connectivity index (χ3v) is 1.89. The summed E-state index contributed by atoms with van der Waals surface area (Å²) in [5, 5.41) is 0. The largest absolute Gasteiger partial charge is 0.340 e. The van der Waals surface area contributed by atoms with Crippen LogP contribution in [0, 0.1) is 0 Å². The normalized spacial score (nSPS) is 12.1. The highest BCUT2D eigenvalue weighted by atomic mass is 15.0. The molecule has 0 aliphatic carbocycles. The van der Waals surface area contributed by atoms with Gasteiger partial charge >= 0.3 is 0 Å². The summed E-state index contributed by atoms with van der Waals surface area (Å²) in [4.78, 5) is 19.3. The molecule has 0 aromatic carbocycles. The third-order valence-electron chi connectivity index (χ3n) is 1.89. The average Bonchev–Trinajstić information content (AvgIpc) is 2.73. The van der Waals surface area contributed by atoms with Crippen LogP contribution in [0.2, 0.25) is 0 Å². The zero-order chi connectivity index (χ0) is 10.5. The zero-order valence-electron chi connectivity index (χ0n) is 8.38. The van der Waals surface area contributed by atoms with Crippen LogP contribution in [0.3, 0.4) is 0 Å². The predicted octanol–water partition coefficient (Wildman–Crippen LogP) is 2.02. The highest BCUT2D eigenvalue weighted by Crippen LogP contribution is 2.16. The molecule has 0 atom stereocenters. The Balaban J connectivity index is 2.27. The summed E-state index contributed by atoms with van der Waals surface area (Å²) in [7, 11) is 0. The van der Waals surface area contributed by atoms with Crippen molar-refractivity contribution in [2.75, 3.05) is 0 Å². The Bertz CT molecular complexity index is 497. The maximum atomic E-state index is 4.25. The van der Waals surface area contributed by atoms with Gasteiger partial charge in [0.05, 0.1) is 6.33 Å². The quantitative estimate of drug-likeness (QED) is 0.610. The lowest BCUT2D eigenvalue weighted by Gasteiger charge is -1.92. The van der Waals surface area contributed by atoms with Crippen molar-refractivity contribution in [1.29, 1.82) is 0 Å². The van der Waals surface area contributed by atoms with Gasteiger partial charge in [0.25, 0.3) is 0 Å². The van der Waals surface area contributed by atoms with Gasteiger partial charge in [0, 0.05) is 12.6 Å². The number of hydrogen-bond acceptors (Lipinski definition) is 4. The highest BCUT2D eigenvalue weighted by Gasteiger charge is 2.02. The van der Waals surface area contributed by atoms with Gasteiger partial charge in [-0.3, -0.25) is 0 Å². The zero-order valence-corrected chi connectivity index (χ0v) is 8.38. The Morgan fingerprint density at radius 3 is 3.20 bits per heavy atom. The molecule has 0 amide bonds. The summed E-state index contributed by atoms with van der Waals surface area (Å²) in [5.41, 5.74) is 1.41. The lowest BCUT2D eigenvalue weighted by molar-refractivity contribution is 1.18. The van der Waals surface area contributed by atoms with Crippen LogP contribution in [0.1, 0.15) is 13.3 Å². The first-order valence-electron chi connectivity index (χ1n) is 4.69. The lowest BCUT2D eigenvalue weighted by atomic mass is 10.4. The van der Waals surface area contributed by atoms with Crippen LogP contribution >= 0.6 is 0 Å². The first-order valence-corrected chi connectivity index (χ1v) is 4.69. The van der Waals surface area contributed by atoms with Crippen molar-refractivity contribution in [3.63, 3.8) is 0 Å². The van der Waals surface area contributed by atoms with E-state index in [-0.39, 0.29) is 0 Å². The molecule has 76 valence electrons. The van der Waals surface area contributed by atoms with Crippen LogP contribution in [0.5, 0.6) is 0 Å². The van der Waals surface area contributed by atoms with Gasteiger partial charge in [0.1, 0.15) is 11.8 Å². The van der Waals surface area contributed by atoms with Crippen LogP contribution in [-0.2, 0) is 0 Å². The van der Waals surface area contributed by atoms with Gasteiger partial charge in [-0.25, -0.2) is 19.9 Å². The van der Waals surface area contributed by atoms with Crippen LogP contribution < -0.4 is 0 Å². The standard InChI is InChI=1S/C10H11N5/c1-2-3-4-5-11-9-8-10(13-6-12-8)15-7-14-9/h2-3,5-7H,4H2,1H3,(H,12,13,14,15)/b3-2-,11-5?. The number of fused-ring (bicyclic) bond motifs is 1. The van der Waals surface area contributed by atoms with Crippen molar-refractivity contribution in [3.05, 3.63) is 24.8 Å². The molecule has 1 N–H and O–H groups in total. The Kier molecular flexibility index (Phi) is 2.82. The minimum absolute atomic E-state index is 0.627. The lowest BCUT2D eigenvalue weighted by Crippen LogP contribution is -1.82. The SMILES string of the molecule is C/C=C\CC=Nc1ncnc2nc[nH]c12. The number of aromatic amines is 1. The fourth-order valence-corrected chi connectivity index (χ4v) is 1.19. The van der Waals surface area contributed by atoms with E-state index in [0.29, 0.717) is 11.5 Å². The van der Waals surface area contributed by atoms with Crippen molar-refractivity contribution < 1.29 is 0 Å². The molecule has 0 radical (unpaired) electrons. The molecule has 2 aromatic rings. The van der Waals surface area contributed by atoms with E-state index < -0.39 is 0 Å². The van der Waals surface area contributed by atoms with E-state index in [0.717, 1.165) is 11.9 Å². The van der Waals surface area contributed by atoms with Crippen molar-refractivity contribution >= 4 is 23.2 Å². The molecular weight excluding hydrogens is 190 g/mol. The Labute approximate surface area is 87.0 Å². The molecule has 5 heteroatoms. The number of nitrogens with one attached hydrogen (secondary N) is 1. The maximum absolute atomic E-state index is 4.25. The minimum atomic E-state index is 0.627. The summed E-state index contributed by atoms with van der Waals surface area (Å²) in [6.45, 7) is 1.98. The maximum Gasteiger partial charge on any atom is 0.182 e. The van der Waals surface area contributed by atoms with E-state index in [2.05, 4.69) is 24.9 Å². The average molecular weight is 201 g/mol. The Morgan fingerprint density at radius 2 is 2.33 bits per heavy atom. The molecule has 5 nitrogen and oxygen atoms in total. The van der Waals surface area contributed by atoms with Crippen LogP contribution in [0.15, 0.2) is 29.8 Å². The summed E-state index contributed by atoms with van der Waals surface area (Å²) in [5.74, 6) is 0.627. The van der Waals surface area contributed by atoms with E-state index in [1.807, 2.05) is 25.3 Å². The minimum Gasteiger partial charge on any atom is -0.340 e. The van der Waals surface area contributed by atoms with E-state index in [1.165, 1.54) is 6.33 Å². The first kappa shape index (κ1) is 9.51. The summed E-state index contributed by atoms with van der Waals surface area (Å²) < 4.78 is 0. The van der Waals surface area contributed by atoms with Gasteiger partial charge in [-0.15, -0.1) is 0 Å². The topological polar surface area (TPSA) is 66.8 Å². The molecule has 0 fully saturated rings. The number of allylic oxidation sites excluding steroid dienone is 2. The fourth-order valence-electron chi connectivity index (χ4n) is 1.19. The molecule has 2 heterocycles. The van der Waals surface area contributed by atoms with E-state index in [9.17, 15) is 0 Å². The van der Waals surface area contributed by atoms with Crippen molar-refractivity contribution in [1.82, 2.24) is 19.9 Å².